The van der Waals surface area contributed by atoms with Gasteiger partial charge in [-0.25, -0.2) is 0 Å². The van der Waals surface area contributed by atoms with Gasteiger partial charge in [0.2, 0.25) is 5.91 Å². The highest BCUT2D eigenvalue weighted by Crippen LogP contribution is 2.25. The van der Waals surface area contributed by atoms with Crippen LogP contribution in [0.5, 0.6) is 5.75 Å². The highest BCUT2D eigenvalue weighted by Gasteiger charge is 2.28. The number of rotatable bonds is 7. The van der Waals surface area contributed by atoms with Gasteiger partial charge < -0.3 is 18.9 Å². The molecule has 10 heteroatoms. The maximum atomic E-state index is 12.5. The number of amides is 1. The van der Waals surface area contributed by atoms with Gasteiger partial charge in [0.25, 0.3) is 0 Å². The number of hydrogen-bond donors (Lipinski definition) is 0. The number of carbonyl (C=O) groups excluding carboxylic acids is 2. The van der Waals surface area contributed by atoms with E-state index in [1.165, 1.54) is 18.9 Å². The van der Waals surface area contributed by atoms with Gasteiger partial charge in [-0.3, -0.25) is 9.59 Å². The average Bonchev–Trinajstić information content (AvgIpc) is 3.10. The molecule has 0 atom stereocenters. The van der Waals surface area contributed by atoms with E-state index in [0.717, 1.165) is 0 Å². The van der Waals surface area contributed by atoms with Gasteiger partial charge in [-0.15, -0.1) is 10.2 Å². The van der Waals surface area contributed by atoms with Crippen molar-refractivity contribution in [2.75, 3.05) is 26.0 Å². The van der Waals surface area contributed by atoms with E-state index in [1.807, 2.05) is 19.2 Å². The molecule has 1 saturated heterocycles. The van der Waals surface area contributed by atoms with Crippen molar-refractivity contribution in [3.05, 3.63) is 35.1 Å². The maximum absolute atomic E-state index is 12.5. The molecule has 8 nitrogen and oxygen atoms in total. The van der Waals surface area contributed by atoms with Gasteiger partial charge in [0.15, 0.2) is 11.0 Å². The fourth-order valence-electron chi connectivity index (χ4n) is 3.05. The highest BCUT2D eigenvalue weighted by molar-refractivity contribution is 7.99. The fourth-order valence-corrected chi connectivity index (χ4v) is 4.07. The molecule has 0 bridgehead atoms. The molecule has 0 unspecified atom stereocenters. The Morgan fingerprint density at radius 3 is 2.66 bits per heavy atom. The highest BCUT2D eigenvalue weighted by atomic mass is 35.5. The Morgan fingerprint density at radius 1 is 1.24 bits per heavy atom. The van der Waals surface area contributed by atoms with Crippen LogP contribution < -0.4 is 4.74 Å². The molecule has 1 aromatic heterocycles. The average molecular weight is 439 g/mol. The van der Waals surface area contributed by atoms with Gasteiger partial charge in [-0.05, 0) is 25.0 Å². The van der Waals surface area contributed by atoms with E-state index in [9.17, 15) is 9.59 Å². The molecular weight excluding hydrogens is 416 g/mol. The zero-order chi connectivity index (χ0) is 20.8. The topological polar surface area (TPSA) is 86.6 Å². The summed E-state index contributed by atoms with van der Waals surface area (Å²) in [6.07, 6.45) is 1.27. The third-order valence-electron chi connectivity index (χ3n) is 4.83. The van der Waals surface area contributed by atoms with Crippen LogP contribution in [0, 0.1) is 5.92 Å². The molecule has 156 valence electrons. The SMILES string of the molecule is COC(=O)C1CCN(C(=O)CSc2nnc(COc3ccccc3Cl)n2C)CC1. The number of nitrogens with zero attached hydrogens (tertiary/aromatic N) is 4. The molecule has 1 aliphatic rings. The van der Waals surface area contributed by atoms with Gasteiger partial charge in [0.05, 0.1) is 23.8 Å². The Kier molecular flexibility index (Phi) is 7.38. The quantitative estimate of drug-likeness (QED) is 0.485. The number of aromatic nitrogens is 3. The van der Waals surface area contributed by atoms with Crippen LogP contribution in [0.1, 0.15) is 18.7 Å². The second-order valence-corrected chi connectivity index (χ2v) is 7.99. The van der Waals surface area contributed by atoms with E-state index in [1.54, 1.807) is 21.6 Å². The maximum Gasteiger partial charge on any atom is 0.308 e. The van der Waals surface area contributed by atoms with Crippen LogP contribution in [-0.2, 0) is 28.0 Å². The Bertz CT molecular complexity index is 868. The van der Waals surface area contributed by atoms with Crippen molar-refractivity contribution in [3.63, 3.8) is 0 Å². The van der Waals surface area contributed by atoms with Crippen molar-refractivity contribution >= 4 is 35.2 Å². The van der Waals surface area contributed by atoms with Crippen molar-refractivity contribution in [1.82, 2.24) is 19.7 Å². The molecule has 0 saturated carbocycles. The van der Waals surface area contributed by atoms with E-state index < -0.39 is 0 Å². The predicted octanol–water partition coefficient (Wildman–Crippen LogP) is 2.55. The number of carbonyl (C=O) groups is 2. The minimum absolute atomic E-state index is 0.0233. The van der Waals surface area contributed by atoms with Crippen molar-refractivity contribution in [3.8, 4) is 5.75 Å². The lowest BCUT2D eigenvalue weighted by molar-refractivity contribution is -0.148. The predicted molar refractivity (Wildman–Crippen MR) is 109 cm³/mol. The summed E-state index contributed by atoms with van der Waals surface area (Å²) in [4.78, 5) is 25.8. The molecule has 29 heavy (non-hydrogen) atoms. The summed E-state index contributed by atoms with van der Waals surface area (Å²) >= 11 is 7.42. The first-order chi connectivity index (χ1) is 14.0. The minimum atomic E-state index is -0.197. The van der Waals surface area contributed by atoms with Crippen molar-refractivity contribution < 1.29 is 19.1 Å². The summed E-state index contributed by atoms with van der Waals surface area (Å²) in [5, 5.41) is 9.45. The minimum Gasteiger partial charge on any atom is -0.484 e. The van der Waals surface area contributed by atoms with Gasteiger partial charge in [-0.2, -0.15) is 0 Å². The summed E-state index contributed by atoms with van der Waals surface area (Å²) in [6.45, 7) is 1.35. The van der Waals surface area contributed by atoms with Crippen molar-refractivity contribution in [1.29, 1.82) is 0 Å². The number of para-hydroxylation sites is 1. The summed E-state index contributed by atoms with van der Waals surface area (Å²) in [5.74, 6) is 1.19. The monoisotopic (exact) mass is 438 g/mol. The third-order valence-corrected chi connectivity index (χ3v) is 6.14. The Labute approximate surface area is 178 Å². The van der Waals surface area contributed by atoms with E-state index in [4.69, 9.17) is 21.1 Å². The largest absolute Gasteiger partial charge is 0.484 e. The zero-order valence-electron chi connectivity index (χ0n) is 16.3. The molecule has 2 aromatic rings. The number of likely N-dealkylation sites (tertiary alicyclic amines) is 1. The molecule has 0 spiro atoms. The van der Waals surface area contributed by atoms with E-state index in [-0.39, 0.29) is 30.2 Å². The van der Waals surface area contributed by atoms with Crippen LogP contribution in [0.2, 0.25) is 5.02 Å². The molecular formula is C19H23ClN4O4S. The molecule has 1 fully saturated rings. The van der Waals surface area contributed by atoms with Crippen LogP contribution in [0.3, 0.4) is 0 Å². The fraction of sp³-hybridized carbons (Fsp3) is 0.474. The Hall–Kier alpha value is -2.26. The lowest BCUT2D eigenvalue weighted by Gasteiger charge is -2.30. The van der Waals surface area contributed by atoms with Gasteiger partial charge in [0, 0.05) is 20.1 Å². The normalized spacial score (nSPS) is 14.7. The van der Waals surface area contributed by atoms with Crippen LogP contribution in [-0.4, -0.2) is 57.5 Å². The van der Waals surface area contributed by atoms with Crippen LogP contribution >= 0.6 is 23.4 Å². The van der Waals surface area contributed by atoms with Crippen LogP contribution in [0.4, 0.5) is 0 Å². The lowest BCUT2D eigenvalue weighted by atomic mass is 9.97. The smallest absolute Gasteiger partial charge is 0.308 e. The van der Waals surface area contributed by atoms with E-state index in [0.29, 0.717) is 47.7 Å². The number of esters is 1. The molecule has 0 N–H and O–H groups in total. The number of ether oxygens (including phenoxy) is 2. The van der Waals surface area contributed by atoms with Crippen molar-refractivity contribution in [2.24, 2.45) is 13.0 Å². The van der Waals surface area contributed by atoms with Crippen LogP contribution in [0.15, 0.2) is 29.4 Å². The summed E-state index contributed by atoms with van der Waals surface area (Å²) < 4.78 is 12.3. The van der Waals surface area contributed by atoms with Gasteiger partial charge in [-0.1, -0.05) is 35.5 Å². The number of benzene rings is 1. The zero-order valence-corrected chi connectivity index (χ0v) is 17.9. The molecule has 1 aromatic carbocycles. The molecule has 2 heterocycles. The molecule has 0 aliphatic carbocycles. The van der Waals surface area contributed by atoms with Gasteiger partial charge in [0.1, 0.15) is 12.4 Å². The lowest BCUT2D eigenvalue weighted by Crippen LogP contribution is -2.41. The summed E-state index contributed by atoms with van der Waals surface area (Å²) in [6, 6.07) is 7.23. The number of methoxy groups -OCH3 is 1. The molecule has 3 rings (SSSR count). The van der Waals surface area contributed by atoms with E-state index >= 15 is 0 Å². The number of hydrogen-bond acceptors (Lipinski definition) is 7. The summed E-state index contributed by atoms with van der Waals surface area (Å²) in [5.41, 5.74) is 0. The first kappa shape index (κ1) is 21.4. The molecule has 1 amide bonds. The first-order valence-electron chi connectivity index (χ1n) is 9.23. The van der Waals surface area contributed by atoms with Gasteiger partial charge >= 0.3 is 5.97 Å². The number of piperidine rings is 1. The third kappa shape index (κ3) is 5.42. The van der Waals surface area contributed by atoms with E-state index in [2.05, 4.69) is 10.2 Å². The Balaban J connectivity index is 1.48. The molecule has 1 aliphatic heterocycles. The second kappa shape index (κ2) is 9.98. The van der Waals surface area contributed by atoms with Crippen molar-refractivity contribution in [2.45, 2.75) is 24.6 Å². The van der Waals surface area contributed by atoms with Crippen LogP contribution in [0.25, 0.3) is 0 Å². The second-order valence-electron chi connectivity index (χ2n) is 6.64. The molecule has 0 radical (unpaired) electrons. The Morgan fingerprint density at radius 2 is 1.97 bits per heavy atom. The number of halogens is 1. The summed E-state index contributed by atoms with van der Waals surface area (Å²) in [7, 11) is 3.23. The standard InChI is InChI=1S/C19H23ClN4O4S/c1-23-16(11-28-15-6-4-3-5-14(15)20)21-22-19(23)29-12-17(25)24-9-7-13(8-10-24)18(26)27-2/h3-6,13H,7-12H2,1-2H3. The number of thioether (sulfide) groups is 1. The first-order valence-corrected chi connectivity index (χ1v) is 10.6.